The summed E-state index contributed by atoms with van der Waals surface area (Å²) in [5.74, 6) is -0.933. The molecule has 65 heavy (non-hydrogen) atoms. The zero-order chi connectivity index (χ0) is 47.2. The summed E-state index contributed by atoms with van der Waals surface area (Å²) < 4.78 is 16.8. The van der Waals surface area contributed by atoms with Gasteiger partial charge in [-0.1, -0.05) is 214 Å². The summed E-state index contributed by atoms with van der Waals surface area (Å²) in [7, 11) is 0. The normalized spacial score (nSPS) is 12.8. The largest absolute Gasteiger partial charge is 0.462 e. The third-order valence-electron chi connectivity index (χ3n) is 11.1. The van der Waals surface area contributed by atoms with Crippen molar-refractivity contribution in [2.24, 2.45) is 0 Å². The van der Waals surface area contributed by atoms with Crippen LogP contribution in [0.25, 0.3) is 0 Å². The van der Waals surface area contributed by atoms with Crippen molar-refractivity contribution in [1.29, 1.82) is 0 Å². The molecule has 0 bridgehead atoms. The fraction of sp³-hybridized carbons (Fsp3) is 0.678. The van der Waals surface area contributed by atoms with E-state index in [2.05, 4.69) is 118 Å². The van der Waals surface area contributed by atoms with Crippen LogP contribution in [0.2, 0.25) is 0 Å². The minimum Gasteiger partial charge on any atom is -0.462 e. The van der Waals surface area contributed by atoms with Crippen LogP contribution in [-0.4, -0.2) is 37.2 Å². The Balaban J connectivity index is 4.43. The first-order chi connectivity index (χ1) is 32.0. The monoisotopic (exact) mass is 903 g/mol. The Morgan fingerprint density at radius 3 is 1.12 bits per heavy atom. The predicted molar refractivity (Wildman–Crippen MR) is 279 cm³/mol. The Kier molecular flexibility index (Phi) is 50.0. The van der Waals surface area contributed by atoms with Crippen LogP contribution >= 0.6 is 0 Å². The van der Waals surface area contributed by atoms with Crippen LogP contribution in [0.15, 0.2) is 97.2 Å². The maximum atomic E-state index is 12.8. The van der Waals surface area contributed by atoms with Crippen molar-refractivity contribution in [3.8, 4) is 0 Å². The van der Waals surface area contributed by atoms with Gasteiger partial charge in [-0.05, 0) is 103 Å². The molecule has 0 aliphatic carbocycles. The molecule has 0 rings (SSSR count). The molecule has 0 heterocycles. The molecule has 0 saturated carbocycles. The maximum Gasteiger partial charge on any atom is 0.306 e. The molecule has 0 N–H and O–H groups in total. The van der Waals surface area contributed by atoms with Gasteiger partial charge >= 0.3 is 17.9 Å². The molecule has 0 aromatic heterocycles. The highest BCUT2D eigenvalue weighted by Gasteiger charge is 2.19. The molecule has 0 fully saturated rings. The standard InChI is InChI=1S/C59H98O6/c1-4-7-10-13-16-19-22-25-27-28-29-30-32-34-37-40-43-46-49-52-58(61)64-55-56(54-63-57(60)51-48-45-42-39-36-33-24-21-18-15-12-9-6-3)65-59(62)53-50-47-44-41-38-35-31-26-23-20-17-14-11-8-5-2/h7,9-10,12,15-16,18-21,23-25,27,29-30,56H,4-6,8,11,13-14,17,22,26,28,31-55H2,1-3H3/b10-7+,12-9+,18-15+,19-16+,23-20+,24-21+,27-25+,30-29+. The summed E-state index contributed by atoms with van der Waals surface area (Å²) >= 11 is 0. The van der Waals surface area contributed by atoms with Gasteiger partial charge in [0.15, 0.2) is 6.10 Å². The van der Waals surface area contributed by atoms with Gasteiger partial charge < -0.3 is 14.2 Å². The molecule has 0 amide bonds. The van der Waals surface area contributed by atoms with Crippen LogP contribution in [0.5, 0.6) is 0 Å². The van der Waals surface area contributed by atoms with E-state index in [1.165, 1.54) is 77.0 Å². The second-order valence-electron chi connectivity index (χ2n) is 17.4. The van der Waals surface area contributed by atoms with Gasteiger partial charge in [0.2, 0.25) is 0 Å². The lowest BCUT2D eigenvalue weighted by molar-refractivity contribution is -0.167. The van der Waals surface area contributed by atoms with Crippen LogP contribution < -0.4 is 0 Å². The number of esters is 3. The van der Waals surface area contributed by atoms with E-state index in [1.807, 2.05) is 0 Å². The van der Waals surface area contributed by atoms with E-state index in [0.29, 0.717) is 19.3 Å². The Morgan fingerprint density at radius 2 is 0.677 bits per heavy atom. The zero-order valence-electron chi connectivity index (χ0n) is 42.2. The summed E-state index contributed by atoms with van der Waals surface area (Å²) in [6.07, 6.45) is 69.6. The number of ether oxygens (including phenoxy) is 3. The van der Waals surface area contributed by atoms with Gasteiger partial charge in [-0.25, -0.2) is 0 Å². The molecule has 6 heteroatoms. The van der Waals surface area contributed by atoms with Crippen molar-refractivity contribution in [3.05, 3.63) is 97.2 Å². The zero-order valence-corrected chi connectivity index (χ0v) is 42.2. The first-order valence-corrected chi connectivity index (χ1v) is 26.8. The molecular weight excluding hydrogens is 805 g/mol. The van der Waals surface area contributed by atoms with Gasteiger partial charge in [0.25, 0.3) is 0 Å². The van der Waals surface area contributed by atoms with Crippen molar-refractivity contribution in [2.75, 3.05) is 13.2 Å². The molecule has 1 unspecified atom stereocenters. The average molecular weight is 903 g/mol. The van der Waals surface area contributed by atoms with Gasteiger partial charge in [0, 0.05) is 19.3 Å². The van der Waals surface area contributed by atoms with Crippen molar-refractivity contribution >= 4 is 17.9 Å². The lowest BCUT2D eigenvalue weighted by atomic mass is 10.1. The molecule has 0 aromatic carbocycles. The van der Waals surface area contributed by atoms with Crippen LogP contribution in [0, 0.1) is 0 Å². The minimum atomic E-state index is -0.795. The number of rotatable bonds is 47. The third kappa shape index (κ3) is 51.2. The lowest BCUT2D eigenvalue weighted by Gasteiger charge is -2.18. The SMILES string of the molecule is CC/C=C/C=C/C=C/CCCCCCCC(=O)OCC(COC(=O)CCCCCCCC/C=C/C/C=C/C/C=C/C/C=C/CC)OC(=O)CCCCCCCCC/C=C/CCCCCC. The van der Waals surface area contributed by atoms with Gasteiger partial charge in [0.1, 0.15) is 13.2 Å². The molecule has 370 valence electrons. The molecule has 6 nitrogen and oxygen atoms in total. The average Bonchev–Trinajstić information content (AvgIpc) is 3.30. The lowest BCUT2D eigenvalue weighted by Crippen LogP contribution is -2.30. The third-order valence-corrected chi connectivity index (χ3v) is 11.1. The quantitative estimate of drug-likeness (QED) is 0.0199. The topological polar surface area (TPSA) is 78.9 Å². The minimum absolute atomic E-state index is 0.0944. The number of unbranched alkanes of at least 4 members (excludes halogenated alkanes) is 22. The van der Waals surface area contributed by atoms with Gasteiger partial charge in [0.05, 0.1) is 0 Å². The first kappa shape index (κ1) is 61.3. The Morgan fingerprint density at radius 1 is 0.338 bits per heavy atom. The van der Waals surface area contributed by atoms with Crippen LogP contribution in [0.3, 0.4) is 0 Å². The highest BCUT2D eigenvalue weighted by molar-refractivity contribution is 5.71. The second kappa shape index (κ2) is 52.9. The molecule has 0 aromatic rings. The van der Waals surface area contributed by atoms with Gasteiger partial charge in [-0.2, -0.15) is 0 Å². The Labute approximate surface area is 400 Å². The molecular formula is C59H98O6. The number of carbonyl (C=O) groups is 3. The van der Waals surface area contributed by atoms with E-state index in [1.54, 1.807) is 0 Å². The highest BCUT2D eigenvalue weighted by atomic mass is 16.6. The van der Waals surface area contributed by atoms with Crippen molar-refractivity contribution < 1.29 is 28.6 Å². The first-order valence-electron chi connectivity index (χ1n) is 26.8. The molecule has 1 atom stereocenters. The smallest absolute Gasteiger partial charge is 0.306 e. The van der Waals surface area contributed by atoms with E-state index in [0.717, 1.165) is 122 Å². The van der Waals surface area contributed by atoms with Crippen molar-refractivity contribution in [2.45, 2.75) is 245 Å². The van der Waals surface area contributed by atoms with Gasteiger partial charge in [-0.3, -0.25) is 14.4 Å². The van der Waals surface area contributed by atoms with E-state index < -0.39 is 6.10 Å². The summed E-state index contributed by atoms with van der Waals surface area (Å²) in [5.41, 5.74) is 0. The van der Waals surface area contributed by atoms with E-state index in [4.69, 9.17) is 14.2 Å². The van der Waals surface area contributed by atoms with Crippen LogP contribution in [0.1, 0.15) is 239 Å². The summed E-state index contributed by atoms with van der Waals surface area (Å²) in [4.78, 5) is 38.0. The van der Waals surface area contributed by atoms with E-state index in [9.17, 15) is 14.4 Å². The van der Waals surface area contributed by atoms with Crippen molar-refractivity contribution in [1.82, 2.24) is 0 Å². The molecule has 0 aliphatic heterocycles. The van der Waals surface area contributed by atoms with E-state index >= 15 is 0 Å². The summed E-state index contributed by atoms with van der Waals surface area (Å²) in [6.45, 7) is 6.34. The molecule has 0 spiro atoms. The van der Waals surface area contributed by atoms with Crippen LogP contribution in [-0.2, 0) is 28.6 Å². The summed E-state index contributed by atoms with van der Waals surface area (Å²) in [6, 6.07) is 0. The number of hydrogen-bond donors (Lipinski definition) is 0. The number of hydrogen-bond acceptors (Lipinski definition) is 6. The van der Waals surface area contributed by atoms with Crippen LogP contribution in [0.4, 0.5) is 0 Å². The van der Waals surface area contributed by atoms with E-state index in [-0.39, 0.29) is 31.1 Å². The molecule has 0 saturated heterocycles. The maximum absolute atomic E-state index is 12.8. The van der Waals surface area contributed by atoms with Gasteiger partial charge in [-0.15, -0.1) is 0 Å². The number of allylic oxidation sites excluding steroid dienone is 16. The number of carbonyl (C=O) groups excluding carboxylic acids is 3. The highest BCUT2D eigenvalue weighted by Crippen LogP contribution is 2.14. The Hall–Kier alpha value is -3.67. The summed E-state index contributed by atoms with van der Waals surface area (Å²) in [5, 5.41) is 0. The molecule has 0 aliphatic rings. The predicted octanol–water partition coefficient (Wildman–Crippen LogP) is 17.8. The van der Waals surface area contributed by atoms with Crippen molar-refractivity contribution in [3.63, 3.8) is 0 Å². The fourth-order valence-electron chi connectivity index (χ4n) is 7.13. The molecule has 0 radical (unpaired) electrons. The fourth-order valence-corrected chi connectivity index (χ4v) is 7.13. The second-order valence-corrected chi connectivity index (χ2v) is 17.4. The Bertz CT molecular complexity index is 1310.